The van der Waals surface area contributed by atoms with Gasteiger partial charge in [-0.25, -0.2) is 9.67 Å². The van der Waals surface area contributed by atoms with Gasteiger partial charge >= 0.3 is 6.18 Å². The Kier molecular flexibility index (Phi) is 8.37. The van der Waals surface area contributed by atoms with Crippen LogP contribution < -0.4 is 14.4 Å². The van der Waals surface area contributed by atoms with E-state index in [1.807, 2.05) is 0 Å². The molecular formula is C30H36F3N5O3S. The van der Waals surface area contributed by atoms with Gasteiger partial charge in [-0.15, -0.1) is 5.10 Å². The van der Waals surface area contributed by atoms with Gasteiger partial charge in [-0.05, 0) is 88.9 Å². The zero-order valence-corrected chi connectivity index (χ0v) is 24.7. The summed E-state index contributed by atoms with van der Waals surface area (Å²) in [6.07, 6.45) is 4.49. The number of nitrogens with one attached hydrogen (secondary N) is 1. The van der Waals surface area contributed by atoms with Gasteiger partial charge in [0.15, 0.2) is 5.82 Å². The van der Waals surface area contributed by atoms with Gasteiger partial charge in [0, 0.05) is 28.7 Å². The molecule has 0 radical (unpaired) electrons. The number of aromatic nitrogens is 3. The molecule has 5 rings (SSSR count). The first-order chi connectivity index (χ1) is 19.9. The molecule has 2 aromatic rings. The van der Waals surface area contributed by atoms with Crippen molar-refractivity contribution in [3.05, 3.63) is 65.9 Å². The monoisotopic (exact) mass is 603 g/mol. The normalized spacial score (nSPS) is 23.4. The van der Waals surface area contributed by atoms with Gasteiger partial charge in [0.25, 0.3) is 5.91 Å². The lowest BCUT2D eigenvalue weighted by Crippen LogP contribution is -2.45. The van der Waals surface area contributed by atoms with Crippen LogP contribution in [0.3, 0.4) is 0 Å². The van der Waals surface area contributed by atoms with Crippen molar-refractivity contribution in [1.29, 1.82) is 0 Å². The predicted molar refractivity (Wildman–Crippen MR) is 156 cm³/mol. The average molecular weight is 604 g/mol. The number of ether oxygens (including phenoxy) is 2. The van der Waals surface area contributed by atoms with E-state index < -0.39 is 11.6 Å². The second-order valence-electron chi connectivity index (χ2n) is 11.6. The van der Waals surface area contributed by atoms with Crippen LogP contribution in [-0.4, -0.2) is 51.6 Å². The van der Waals surface area contributed by atoms with E-state index in [1.165, 1.54) is 4.68 Å². The van der Waals surface area contributed by atoms with Crippen molar-refractivity contribution in [3.63, 3.8) is 0 Å². The van der Waals surface area contributed by atoms with E-state index in [0.717, 1.165) is 37.6 Å². The second kappa shape index (κ2) is 11.7. The number of carbonyl (C=O) groups is 1. The van der Waals surface area contributed by atoms with Gasteiger partial charge in [-0.1, -0.05) is 19.2 Å². The quantitative estimate of drug-likeness (QED) is 0.360. The molecule has 2 fully saturated rings. The summed E-state index contributed by atoms with van der Waals surface area (Å²) in [5, 5.41) is 4.41. The van der Waals surface area contributed by atoms with Crippen LogP contribution in [0.1, 0.15) is 69.2 Å². The average Bonchev–Trinajstić information content (AvgIpc) is 3.49. The highest BCUT2D eigenvalue weighted by Crippen LogP contribution is 2.59. The Balaban J connectivity index is 1.42. The Morgan fingerprint density at radius 1 is 1.24 bits per heavy atom. The van der Waals surface area contributed by atoms with Crippen molar-refractivity contribution in [2.45, 2.75) is 76.6 Å². The molecular weight excluding hydrogens is 567 g/mol. The summed E-state index contributed by atoms with van der Waals surface area (Å²) < 4.78 is 55.6. The number of pyridine rings is 1. The molecule has 1 atom stereocenters. The number of allylic oxidation sites excluding steroid dienone is 2. The molecule has 0 bridgehead atoms. The van der Waals surface area contributed by atoms with Crippen molar-refractivity contribution in [1.82, 2.24) is 19.5 Å². The number of amides is 1. The zero-order valence-electron chi connectivity index (χ0n) is 23.9. The molecule has 1 amide bonds. The Morgan fingerprint density at radius 3 is 2.74 bits per heavy atom. The molecule has 1 saturated carbocycles. The highest BCUT2D eigenvalue weighted by Gasteiger charge is 2.62. The molecule has 12 heteroatoms. The second-order valence-corrected chi connectivity index (χ2v) is 12.5. The van der Waals surface area contributed by atoms with Crippen LogP contribution in [0.4, 0.5) is 19.0 Å². The summed E-state index contributed by atoms with van der Waals surface area (Å²) in [5.41, 5.74) is -1.46. The van der Waals surface area contributed by atoms with Crippen LogP contribution >= 0.6 is 11.9 Å². The molecule has 0 spiro atoms. The van der Waals surface area contributed by atoms with Crippen molar-refractivity contribution < 1.29 is 27.4 Å². The Bertz CT molecular complexity index is 1380. The maximum atomic E-state index is 13.5. The molecule has 1 unspecified atom stereocenters. The first-order valence-electron chi connectivity index (χ1n) is 14.1. The van der Waals surface area contributed by atoms with Gasteiger partial charge in [0.1, 0.15) is 11.6 Å². The number of fused-ring (bicyclic) bond motifs is 3. The Morgan fingerprint density at radius 2 is 2.02 bits per heavy atom. The summed E-state index contributed by atoms with van der Waals surface area (Å²) in [6.45, 7) is 12.5. The van der Waals surface area contributed by atoms with Crippen molar-refractivity contribution in [3.8, 4) is 11.7 Å². The van der Waals surface area contributed by atoms with E-state index in [2.05, 4.69) is 41.7 Å². The molecule has 3 aliphatic rings. The number of nitrogens with zero attached hydrogens (tertiary/aromatic N) is 4. The summed E-state index contributed by atoms with van der Waals surface area (Å²) in [5.74, 6) is 1.42. The highest BCUT2D eigenvalue weighted by atomic mass is 32.2. The number of hydrogen-bond acceptors (Lipinski definition) is 7. The third-order valence-electron chi connectivity index (χ3n) is 8.26. The number of carbonyl (C=O) groups excluding carboxylic acids is 1. The van der Waals surface area contributed by atoms with Gasteiger partial charge in [-0.3, -0.25) is 9.52 Å². The van der Waals surface area contributed by atoms with Crippen LogP contribution in [-0.2, 0) is 4.74 Å². The Labute approximate surface area is 248 Å². The topological polar surface area (TPSA) is 81.5 Å². The van der Waals surface area contributed by atoms with Gasteiger partial charge < -0.3 is 14.4 Å². The minimum atomic E-state index is -4.22. The van der Waals surface area contributed by atoms with Crippen molar-refractivity contribution in [2.75, 3.05) is 18.1 Å². The maximum Gasteiger partial charge on any atom is 0.394 e. The molecule has 0 aromatic carbocycles. The van der Waals surface area contributed by atoms with Crippen LogP contribution in [0, 0.1) is 5.41 Å². The molecule has 1 N–H and O–H groups in total. The van der Waals surface area contributed by atoms with Crippen LogP contribution in [0.15, 0.2) is 60.4 Å². The van der Waals surface area contributed by atoms with E-state index in [-0.39, 0.29) is 49.2 Å². The molecule has 1 aliphatic carbocycles. The largest absolute Gasteiger partial charge is 0.494 e. The van der Waals surface area contributed by atoms with E-state index in [9.17, 15) is 18.0 Å². The van der Waals surface area contributed by atoms with Crippen LogP contribution in [0.25, 0.3) is 5.82 Å². The van der Waals surface area contributed by atoms with E-state index in [4.69, 9.17) is 14.5 Å². The predicted octanol–water partition coefficient (Wildman–Crippen LogP) is 6.90. The molecule has 4 heterocycles. The third kappa shape index (κ3) is 6.33. The van der Waals surface area contributed by atoms with E-state index in [1.54, 1.807) is 36.5 Å². The lowest BCUT2D eigenvalue weighted by molar-refractivity contribution is -0.190. The fourth-order valence-corrected chi connectivity index (χ4v) is 6.22. The summed E-state index contributed by atoms with van der Waals surface area (Å²) >= 11 is 1.12. The van der Waals surface area contributed by atoms with Gasteiger partial charge in [0.05, 0.1) is 24.2 Å². The molecule has 2 aliphatic heterocycles. The first-order valence-corrected chi connectivity index (χ1v) is 14.9. The highest BCUT2D eigenvalue weighted by molar-refractivity contribution is 8.01. The molecule has 2 aromatic heterocycles. The van der Waals surface area contributed by atoms with Crippen molar-refractivity contribution in [2.24, 2.45) is 5.41 Å². The number of anilines is 1. The molecule has 226 valence electrons. The SMILES string of the molecule is C=C/C1=C\C(=C)OCCCC2CCC(C)(C)N2c2nc(-n3ccc(OCCC4(C(F)(F)F)CC4)n3)ccc2C(=O)NS1. The minimum Gasteiger partial charge on any atom is -0.494 e. The molecule has 42 heavy (non-hydrogen) atoms. The summed E-state index contributed by atoms with van der Waals surface area (Å²) in [6, 6.07) is 5.17. The fourth-order valence-electron chi connectivity index (χ4n) is 5.63. The zero-order chi connectivity index (χ0) is 30.1. The van der Waals surface area contributed by atoms with Crippen molar-refractivity contribution >= 4 is 23.7 Å². The standard InChI is InChI=1S/C30H36F3N5O3S/c1-5-22-19-20(2)40-17-6-7-21-10-12-28(3,4)38(21)26-23(27(39)36-42-22)8-9-24(34-26)37-16-11-25(35-37)41-18-15-29(13-14-29)30(31,32)33/h5,8-9,11,16,19,21H,1-2,6-7,10,12-15,17-18H2,3-4H3,(H,36,39)/b22-19+. The minimum absolute atomic E-state index is 0.0756. The third-order valence-corrected chi connectivity index (χ3v) is 9.07. The fraction of sp³-hybridized carbons (Fsp3) is 0.500. The smallest absolute Gasteiger partial charge is 0.394 e. The maximum absolute atomic E-state index is 13.5. The lowest BCUT2D eigenvalue weighted by Gasteiger charge is -2.38. The van der Waals surface area contributed by atoms with Crippen LogP contribution in [0.2, 0.25) is 0 Å². The van der Waals surface area contributed by atoms with E-state index >= 15 is 0 Å². The summed E-state index contributed by atoms with van der Waals surface area (Å²) in [7, 11) is 0. The van der Waals surface area contributed by atoms with Gasteiger partial charge in [0.2, 0.25) is 5.88 Å². The molecule has 8 nitrogen and oxygen atoms in total. The number of alkyl halides is 3. The number of hydrogen-bond donors (Lipinski definition) is 1. The number of halogens is 3. The number of rotatable bonds is 6. The lowest BCUT2D eigenvalue weighted by atomic mass is 10.0. The van der Waals surface area contributed by atoms with Gasteiger partial charge in [-0.2, -0.15) is 13.2 Å². The first kappa shape index (κ1) is 30.1. The summed E-state index contributed by atoms with van der Waals surface area (Å²) in [4.78, 5) is 21.4. The van der Waals surface area contributed by atoms with Crippen LogP contribution in [0.5, 0.6) is 5.88 Å². The molecule has 1 saturated heterocycles. The Hall–Kier alpha value is -3.41. The van der Waals surface area contributed by atoms with E-state index in [0.29, 0.717) is 34.5 Å².